The fraction of sp³-hybridized carbons (Fsp3) is 0.923. The van der Waals surface area contributed by atoms with Crippen LogP contribution >= 0.6 is 0 Å². The van der Waals surface area contributed by atoms with Gasteiger partial charge in [0.05, 0.1) is 0 Å². The van der Waals surface area contributed by atoms with Crippen molar-refractivity contribution >= 4 is 5.91 Å². The largest absolute Gasteiger partial charge is 0.353 e. The van der Waals surface area contributed by atoms with Crippen molar-refractivity contribution in [2.45, 2.75) is 65.0 Å². The van der Waals surface area contributed by atoms with E-state index in [4.69, 9.17) is 5.73 Å². The molecule has 3 heteroatoms. The standard InChI is InChI=1S/C13H26N2O/c1-9-5-6-11(10(2)7-9)15-12(16)8-13(3,4)14/h9-11H,5-8,14H2,1-4H3,(H,15,16). The van der Waals surface area contributed by atoms with Crippen LogP contribution in [0.4, 0.5) is 0 Å². The Balaban J connectivity index is 2.39. The molecule has 1 saturated carbocycles. The molecule has 3 nitrogen and oxygen atoms in total. The van der Waals surface area contributed by atoms with Gasteiger partial charge in [0.2, 0.25) is 5.91 Å². The molecule has 0 aromatic heterocycles. The van der Waals surface area contributed by atoms with E-state index < -0.39 is 5.54 Å². The maximum absolute atomic E-state index is 11.8. The highest BCUT2D eigenvalue weighted by molar-refractivity contribution is 5.77. The molecule has 16 heavy (non-hydrogen) atoms. The van der Waals surface area contributed by atoms with Crippen LogP contribution in [0.5, 0.6) is 0 Å². The van der Waals surface area contributed by atoms with Crippen LogP contribution in [0, 0.1) is 11.8 Å². The molecule has 0 aromatic rings. The number of hydrogen-bond donors (Lipinski definition) is 2. The van der Waals surface area contributed by atoms with Gasteiger partial charge in [0, 0.05) is 18.0 Å². The van der Waals surface area contributed by atoms with Crippen LogP contribution < -0.4 is 11.1 Å². The van der Waals surface area contributed by atoms with Crippen LogP contribution in [0.2, 0.25) is 0 Å². The Kier molecular flexibility index (Phi) is 4.36. The molecular formula is C13H26N2O. The van der Waals surface area contributed by atoms with Gasteiger partial charge in [-0.3, -0.25) is 4.79 Å². The number of nitrogens with one attached hydrogen (secondary N) is 1. The highest BCUT2D eigenvalue weighted by Gasteiger charge is 2.27. The van der Waals surface area contributed by atoms with Crippen LogP contribution in [0.25, 0.3) is 0 Å². The topological polar surface area (TPSA) is 55.1 Å². The Hall–Kier alpha value is -0.570. The van der Waals surface area contributed by atoms with Crippen LogP contribution in [0.3, 0.4) is 0 Å². The van der Waals surface area contributed by atoms with Gasteiger partial charge in [0.25, 0.3) is 0 Å². The van der Waals surface area contributed by atoms with Crippen molar-refractivity contribution in [2.75, 3.05) is 0 Å². The minimum absolute atomic E-state index is 0.0962. The summed E-state index contributed by atoms with van der Waals surface area (Å²) in [6, 6.07) is 0.353. The fourth-order valence-corrected chi connectivity index (χ4v) is 2.55. The Morgan fingerprint density at radius 2 is 2.00 bits per heavy atom. The van der Waals surface area contributed by atoms with Crippen LogP contribution in [0.1, 0.15) is 53.4 Å². The van der Waals surface area contributed by atoms with Crippen molar-refractivity contribution in [3.63, 3.8) is 0 Å². The number of carbonyl (C=O) groups excluding carboxylic acids is 1. The first-order chi connectivity index (χ1) is 7.28. The van der Waals surface area contributed by atoms with Crippen molar-refractivity contribution in [1.82, 2.24) is 5.32 Å². The zero-order valence-electron chi connectivity index (χ0n) is 11.0. The van der Waals surface area contributed by atoms with Gasteiger partial charge in [-0.15, -0.1) is 0 Å². The number of hydrogen-bond acceptors (Lipinski definition) is 2. The molecule has 1 rings (SSSR count). The van der Waals surface area contributed by atoms with Crippen molar-refractivity contribution in [3.05, 3.63) is 0 Å². The molecular weight excluding hydrogens is 200 g/mol. The van der Waals surface area contributed by atoms with E-state index in [1.54, 1.807) is 0 Å². The number of nitrogens with two attached hydrogens (primary N) is 1. The lowest BCUT2D eigenvalue weighted by Gasteiger charge is -2.33. The Bertz CT molecular complexity index is 245. The molecule has 3 N–H and O–H groups in total. The maximum atomic E-state index is 11.8. The zero-order valence-corrected chi connectivity index (χ0v) is 11.0. The van der Waals surface area contributed by atoms with E-state index in [1.165, 1.54) is 12.8 Å². The van der Waals surface area contributed by atoms with Crippen molar-refractivity contribution in [1.29, 1.82) is 0 Å². The van der Waals surface area contributed by atoms with Gasteiger partial charge in [-0.05, 0) is 44.9 Å². The smallest absolute Gasteiger partial charge is 0.222 e. The van der Waals surface area contributed by atoms with Crippen molar-refractivity contribution < 1.29 is 4.79 Å². The molecule has 3 atom stereocenters. The van der Waals surface area contributed by atoms with Gasteiger partial charge in [0.15, 0.2) is 0 Å². The van der Waals surface area contributed by atoms with Crippen molar-refractivity contribution in [3.8, 4) is 0 Å². The van der Waals surface area contributed by atoms with Gasteiger partial charge < -0.3 is 11.1 Å². The first kappa shape index (κ1) is 13.5. The summed E-state index contributed by atoms with van der Waals surface area (Å²) in [5, 5.41) is 3.13. The summed E-state index contributed by atoms with van der Waals surface area (Å²) >= 11 is 0. The van der Waals surface area contributed by atoms with Crippen LogP contribution in [0.15, 0.2) is 0 Å². The second-order valence-corrected chi connectivity index (χ2v) is 6.23. The average Bonchev–Trinajstić information content (AvgIpc) is 2.06. The molecule has 0 spiro atoms. The number of rotatable bonds is 3. The first-order valence-corrected chi connectivity index (χ1v) is 6.36. The van der Waals surface area contributed by atoms with Gasteiger partial charge in [0.1, 0.15) is 0 Å². The van der Waals surface area contributed by atoms with E-state index >= 15 is 0 Å². The van der Waals surface area contributed by atoms with E-state index in [1.807, 2.05) is 13.8 Å². The summed E-state index contributed by atoms with van der Waals surface area (Å²) in [6.07, 6.45) is 3.96. The molecule has 0 heterocycles. The van der Waals surface area contributed by atoms with Gasteiger partial charge in [-0.2, -0.15) is 0 Å². The highest BCUT2D eigenvalue weighted by Crippen LogP contribution is 2.28. The predicted molar refractivity (Wildman–Crippen MR) is 67.0 cm³/mol. The third-order valence-electron chi connectivity index (χ3n) is 3.39. The van der Waals surface area contributed by atoms with Gasteiger partial charge in [-0.25, -0.2) is 0 Å². The average molecular weight is 226 g/mol. The summed E-state index contributed by atoms with van der Waals surface area (Å²) in [5.74, 6) is 1.49. The summed E-state index contributed by atoms with van der Waals surface area (Å²) in [5.41, 5.74) is 5.43. The third kappa shape index (κ3) is 4.52. The molecule has 1 aliphatic carbocycles. The number of amides is 1. The summed E-state index contributed by atoms with van der Waals surface area (Å²) < 4.78 is 0. The van der Waals surface area contributed by atoms with E-state index in [-0.39, 0.29) is 5.91 Å². The minimum atomic E-state index is -0.407. The maximum Gasteiger partial charge on any atom is 0.222 e. The quantitative estimate of drug-likeness (QED) is 0.774. The number of carbonyl (C=O) groups is 1. The monoisotopic (exact) mass is 226 g/mol. The first-order valence-electron chi connectivity index (χ1n) is 6.36. The van der Waals surface area contributed by atoms with Crippen LogP contribution in [-0.2, 0) is 4.79 Å². The molecule has 1 amide bonds. The molecule has 0 bridgehead atoms. The van der Waals surface area contributed by atoms with E-state index in [0.717, 1.165) is 12.3 Å². The second kappa shape index (κ2) is 5.17. The molecule has 1 aliphatic rings. The molecule has 0 saturated heterocycles. The lowest BCUT2D eigenvalue weighted by Crippen LogP contribution is -2.46. The summed E-state index contributed by atoms with van der Waals surface area (Å²) in [4.78, 5) is 11.8. The third-order valence-corrected chi connectivity index (χ3v) is 3.39. The SMILES string of the molecule is CC1CCC(NC(=O)CC(C)(C)N)C(C)C1. The van der Waals surface area contributed by atoms with Crippen molar-refractivity contribution in [2.24, 2.45) is 17.6 Å². The van der Waals surface area contributed by atoms with E-state index in [9.17, 15) is 4.79 Å². The lowest BCUT2D eigenvalue weighted by atomic mass is 9.80. The zero-order chi connectivity index (χ0) is 12.3. The minimum Gasteiger partial charge on any atom is -0.353 e. The highest BCUT2D eigenvalue weighted by atomic mass is 16.1. The molecule has 3 unspecified atom stereocenters. The van der Waals surface area contributed by atoms with E-state index in [0.29, 0.717) is 18.4 Å². The molecule has 1 fully saturated rings. The lowest BCUT2D eigenvalue weighted by molar-refractivity contribution is -0.123. The normalized spacial score (nSPS) is 31.2. The molecule has 94 valence electrons. The summed E-state index contributed by atoms with van der Waals surface area (Å²) in [7, 11) is 0. The second-order valence-electron chi connectivity index (χ2n) is 6.23. The Morgan fingerprint density at radius 1 is 1.38 bits per heavy atom. The predicted octanol–water partition coefficient (Wildman–Crippen LogP) is 2.05. The molecule has 0 aromatic carbocycles. The summed E-state index contributed by atoms with van der Waals surface area (Å²) in [6.45, 7) is 8.30. The Labute approximate surface area is 99.2 Å². The fourth-order valence-electron chi connectivity index (χ4n) is 2.55. The van der Waals surface area contributed by atoms with Crippen LogP contribution in [-0.4, -0.2) is 17.5 Å². The molecule has 0 radical (unpaired) electrons. The Morgan fingerprint density at radius 3 is 2.50 bits per heavy atom. The van der Waals surface area contributed by atoms with E-state index in [2.05, 4.69) is 19.2 Å². The van der Waals surface area contributed by atoms with Gasteiger partial charge in [-0.1, -0.05) is 13.8 Å². The molecule has 0 aliphatic heterocycles. The van der Waals surface area contributed by atoms with Gasteiger partial charge >= 0.3 is 0 Å².